The highest BCUT2D eigenvalue weighted by Crippen LogP contribution is 2.55. The van der Waals surface area contributed by atoms with Crippen molar-refractivity contribution in [3.63, 3.8) is 0 Å². The van der Waals surface area contributed by atoms with Crippen LogP contribution in [0.3, 0.4) is 0 Å². The maximum absolute atomic E-state index is 13.6. The van der Waals surface area contributed by atoms with Crippen molar-refractivity contribution in [2.75, 3.05) is 37.9 Å². The molecule has 4 aromatic rings. The van der Waals surface area contributed by atoms with Gasteiger partial charge in [-0.2, -0.15) is 28.7 Å². The van der Waals surface area contributed by atoms with E-state index in [9.17, 15) is 77.1 Å². The molecule has 2 unspecified atom stereocenters. The van der Waals surface area contributed by atoms with Gasteiger partial charge in [0.15, 0.2) is 46.4 Å². The molecule has 10 atom stereocenters. The van der Waals surface area contributed by atoms with E-state index in [-0.39, 0.29) is 47.2 Å². The molecule has 14 N–H and O–H groups in total. The molecular formula is C32H42F2N10O22P2. The predicted octanol–water partition coefficient (Wildman–Crippen LogP) is -3.81. The Hall–Kier alpha value is -5.58. The van der Waals surface area contributed by atoms with Crippen LogP contribution in [0.15, 0.2) is 12.7 Å². The van der Waals surface area contributed by atoms with Crippen LogP contribution in [0.25, 0.3) is 22.3 Å². The van der Waals surface area contributed by atoms with E-state index in [1.807, 2.05) is 0 Å². The smallest absolute Gasteiger partial charge is 0.369 e. The Morgan fingerprint density at radius 3 is 1.29 bits per heavy atom. The minimum atomic E-state index is -5.61. The number of carboxylic acids is 2. The Morgan fingerprint density at radius 1 is 0.662 bits per heavy atom. The number of fused-ring (bicyclic) bond motifs is 2. The van der Waals surface area contributed by atoms with Crippen molar-refractivity contribution >= 4 is 73.0 Å². The molecule has 36 heteroatoms. The first-order chi connectivity index (χ1) is 31.6. The van der Waals surface area contributed by atoms with Crippen LogP contribution >= 0.6 is 15.2 Å². The number of nitrogen functional groups attached to an aromatic ring is 2. The lowest BCUT2D eigenvalue weighted by atomic mass is 10.1. The van der Waals surface area contributed by atoms with Crippen LogP contribution in [-0.4, -0.2) is 187 Å². The molecule has 2 aliphatic heterocycles. The standard InChI is InChI=1S/2C16H21FN5O11P/c2*1-2-31-14(27)16(3-7(23)24,34(28,29)30)32-4-6-9(25)10(26)13(33-6)22-5-19-8-11(18)20-15(17)21-12(8)22/h2*5-6,9-10,13,25-26H,2-4H2,1H3,(H,23,24)(H2,18,20,21)(H2,28,29,30)/t6-,9-,10?,13-,16+;6-,9-,10?,13-,16-/m11/s1. The van der Waals surface area contributed by atoms with Crippen LogP contribution in [0.2, 0.25) is 0 Å². The highest BCUT2D eigenvalue weighted by Gasteiger charge is 2.61. The van der Waals surface area contributed by atoms with Crippen molar-refractivity contribution in [1.29, 1.82) is 0 Å². The number of hydrogen-bond donors (Lipinski definition) is 12. The van der Waals surface area contributed by atoms with Crippen molar-refractivity contribution in [2.24, 2.45) is 0 Å². The molecule has 6 rings (SSSR count). The number of esters is 2. The number of aliphatic hydroxyl groups is 4. The second-order valence-electron chi connectivity index (χ2n) is 14.4. The fraction of sp³-hybridized carbons (Fsp3) is 0.562. The number of halogens is 2. The summed E-state index contributed by atoms with van der Waals surface area (Å²) in [5, 5.41) is 53.4. The van der Waals surface area contributed by atoms with Gasteiger partial charge in [0, 0.05) is 0 Å². The second kappa shape index (κ2) is 20.6. The Balaban J connectivity index is 0.000000254. The number of carboxylic acid groups (broad SMARTS) is 2. The maximum atomic E-state index is 13.6. The number of aliphatic hydroxyl groups excluding tert-OH is 4. The maximum Gasteiger partial charge on any atom is 0.369 e. The van der Waals surface area contributed by atoms with Crippen molar-refractivity contribution < 1.29 is 116 Å². The molecule has 6 heterocycles. The molecular weight excluding hydrogens is 976 g/mol. The molecule has 0 saturated carbocycles. The van der Waals surface area contributed by atoms with E-state index in [2.05, 4.69) is 39.4 Å². The largest absolute Gasteiger partial charge is 0.481 e. The minimum Gasteiger partial charge on any atom is -0.481 e. The fourth-order valence-corrected chi connectivity index (χ4v) is 8.47. The van der Waals surface area contributed by atoms with Gasteiger partial charge in [-0.25, -0.2) is 19.6 Å². The van der Waals surface area contributed by atoms with Crippen LogP contribution < -0.4 is 11.5 Å². The number of anilines is 2. The molecule has 0 spiro atoms. The number of nitrogens with two attached hydrogens (primary N) is 2. The van der Waals surface area contributed by atoms with Crippen LogP contribution in [0.5, 0.6) is 0 Å². The highest BCUT2D eigenvalue weighted by atomic mass is 31.2. The second-order valence-corrected chi connectivity index (χ2v) is 18.0. The van der Waals surface area contributed by atoms with Gasteiger partial charge >= 0.3 is 51.2 Å². The van der Waals surface area contributed by atoms with Gasteiger partial charge in [0.25, 0.3) is 10.7 Å². The Labute approximate surface area is 376 Å². The summed E-state index contributed by atoms with van der Waals surface area (Å²) < 4.78 is 83.8. The monoisotopic (exact) mass is 1020 g/mol. The SMILES string of the molecule is CCOC(=O)[C@@](CC(=O)O)(OC[C@H]1O[C@@H](n2cnc3c(N)nc(F)nc32)C(O)[C@@H]1O)P(=O)(O)O.CCOC(=O)[C@](CC(=O)O)(OC[C@H]1O[C@@H](n2cnc3c(N)nc(F)nc32)C(O)[C@@H]1O)P(=O)(O)O. The minimum absolute atomic E-state index is 0.0318. The summed E-state index contributed by atoms with van der Waals surface area (Å²) in [6.45, 7) is 0.0450. The lowest BCUT2D eigenvalue weighted by Gasteiger charge is -2.31. The predicted molar refractivity (Wildman–Crippen MR) is 210 cm³/mol. The van der Waals surface area contributed by atoms with Gasteiger partial charge in [-0.1, -0.05) is 0 Å². The summed E-state index contributed by atoms with van der Waals surface area (Å²) in [5.41, 5.74) is 10.7. The van der Waals surface area contributed by atoms with E-state index in [1.165, 1.54) is 13.8 Å². The summed E-state index contributed by atoms with van der Waals surface area (Å²) in [6, 6.07) is 0. The lowest BCUT2D eigenvalue weighted by Crippen LogP contribution is -2.47. The number of nitrogens with zero attached hydrogens (tertiary/aromatic N) is 8. The molecule has 2 fully saturated rings. The van der Waals surface area contributed by atoms with Crippen molar-refractivity contribution in [2.45, 2.75) is 86.5 Å². The van der Waals surface area contributed by atoms with Crippen LogP contribution in [0.1, 0.15) is 39.1 Å². The van der Waals surface area contributed by atoms with Gasteiger partial charge in [0.05, 0.1) is 51.9 Å². The van der Waals surface area contributed by atoms with Crippen LogP contribution in [0.4, 0.5) is 20.4 Å². The number of rotatable bonds is 18. The molecule has 376 valence electrons. The van der Waals surface area contributed by atoms with E-state index in [0.717, 1.165) is 21.8 Å². The summed E-state index contributed by atoms with van der Waals surface area (Å²) >= 11 is 0. The molecule has 0 aliphatic carbocycles. The number of ether oxygens (including phenoxy) is 6. The molecule has 4 aromatic heterocycles. The van der Waals surface area contributed by atoms with Crippen LogP contribution in [0, 0.1) is 12.2 Å². The third kappa shape index (κ3) is 10.5. The highest BCUT2D eigenvalue weighted by molar-refractivity contribution is 7.55. The number of aliphatic carboxylic acids is 2. The normalized spacial score (nSPS) is 24.8. The summed E-state index contributed by atoms with van der Waals surface area (Å²) in [6.07, 6.45) is -16.1. The van der Waals surface area contributed by atoms with Crippen LogP contribution in [-0.2, 0) is 56.7 Å². The van der Waals surface area contributed by atoms with Crippen molar-refractivity contribution in [3.8, 4) is 0 Å². The number of imidazole rings is 2. The van der Waals surface area contributed by atoms with Gasteiger partial charge in [0.2, 0.25) is 0 Å². The Bertz CT molecular complexity index is 2460. The average Bonchev–Trinajstić information content (AvgIpc) is 3.98. The van der Waals surface area contributed by atoms with Gasteiger partial charge in [-0.15, -0.1) is 0 Å². The first-order valence-electron chi connectivity index (χ1n) is 19.2. The molecule has 0 amide bonds. The van der Waals surface area contributed by atoms with Gasteiger partial charge in [-0.3, -0.25) is 27.9 Å². The van der Waals surface area contributed by atoms with Crippen molar-refractivity contribution in [1.82, 2.24) is 39.0 Å². The zero-order chi connectivity index (χ0) is 50.8. The molecule has 0 bridgehead atoms. The molecule has 32 nitrogen and oxygen atoms in total. The molecule has 0 radical (unpaired) electrons. The topological polar surface area (TPSA) is 499 Å². The summed E-state index contributed by atoms with van der Waals surface area (Å²) in [5.74, 6) is -7.46. The molecule has 2 aliphatic rings. The quantitative estimate of drug-likeness (QED) is 0.0258. The van der Waals surface area contributed by atoms with Gasteiger partial charge in [-0.05, 0) is 13.8 Å². The number of carbonyl (C=O) groups is 4. The number of carbonyl (C=O) groups excluding carboxylic acids is 2. The van der Waals surface area contributed by atoms with E-state index in [0.29, 0.717) is 0 Å². The van der Waals surface area contributed by atoms with E-state index in [4.69, 9.17) is 40.6 Å². The first kappa shape index (κ1) is 53.4. The van der Waals surface area contributed by atoms with Gasteiger partial charge < -0.3 is 90.1 Å². The van der Waals surface area contributed by atoms with E-state index in [1.54, 1.807) is 0 Å². The lowest BCUT2D eigenvalue weighted by molar-refractivity contribution is -0.174. The van der Waals surface area contributed by atoms with E-state index >= 15 is 0 Å². The fourth-order valence-electron chi connectivity index (χ4n) is 6.70. The van der Waals surface area contributed by atoms with E-state index < -0.39 is 137 Å². The average molecular weight is 1020 g/mol. The van der Waals surface area contributed by atoms with Crippen molar-refractivity contribution in [3.05, 3.63) is 24.8 Å². The summed E-state index contributed by atoms with van der Waals surface area (Å²) in [4.78, 5) is 108. The third-order valence-corrected chi connectivity index (χ3v) is 12.8. The zero-order valence-electron chi connectivity index (χ0n) is 34.8. The number of hydrogen-bond acceptors (Lipinski definition) is 24. The summed E-state index contributed by atoms with van der Waals surface area (Å²) in [7, 11) is -11.2. The van der Waals surface area contributed by atoms with Gasteiger partial charge in [0.1, 0.15) is 36.6 Å². The zero-order valence-corrected chi connectivity index (χ0v) is 36.6. The third-order valence-electron chi connectivity index (χ3n) is 9.95. The molecule has 2 saturated heterocycles. The molecule has 0 aromatic carbocycles. The Morgan fingerprint density at radius 2 is 1.00 bits per heavy atom. The molecule has 68 heavy (non-hydrogen) atoms. The number of aromatic nitrogens is 8. The first-order valence-corrected chi connectivity index (χ1v) is 22.4. The Kier molecular flexibility index (Phi) is 16.1.